The third-order valence-electron chi connectivity index (χ3n) is 5.80. The highest BCUT2D eigenvalue weighted by Gasteiger charge is 2.19. The van der Waals surface area contributed by atoms with Crippen molar-refractivity contribution >= 4 is 22.6 Å². The molecule has 0 saturated carbocycles. The fourth-order valence-electron chi connectivity index (χ4n) is 3.61. The molecule has 7 heteroatoms. The van der Waals surface area contributed by atoms with Crippen LogP contribution in [0.1, 0.15) is 57.0 Å². The molecular weight excluding hydrogens is 435 g/mol. The van der Waals surface area contributed by atoms with E-state index in [1.54, 1.807) is 12.1 Å². The lowest BCUT2D eigenvalue weighted by molar-refractivity contribution is -0.121. The minimum Gasteiger partial charge on any atom is -0.354 e. The fourth-order valence-corrected chi connectivity index (χ4v) is 4.43. The SMILES string of the molecule is CCC(C)N(CCC(=O)NC(C)CCc1ccccc1)c1nc(Cc2ccc(F)cc2)ns1. The number of anilines is 1. The van der Waals surface area contributed by atoms with Gasteiger partial charge in [0.05, 0.1) is 0 Å². The lowest BCUT2D eigenvalue weighted by atomic mass is 10.1. The van der Waals surface area contributed by atoms with Crippen molar-refractivity contribution in [2.45, 2.75) is 65.0 Å². The first-order valence-corrected chi connectivity index (χ1v) is 12.4. The van der Waals surface area contributed by atoms with Crippen LogP contribution in [-0.2, 0) is 17.6 Å². The number of nitrogens with one attached hydrogen (secondary N) is 1. The molecule has 3 aromatic rings. The third kappa shape index (κ3) is 7.93. The number of halogens is 1. The fraction of sp³-hybridized carbons (Fsp3) is 0.423. The molecule has 0 spiro atoms. The molecule has 2 unspecified atom stereocenters. The number of amides is 1. The van der Waals surface area contributed by atoms with Crippen molar-refractivity contribution in [1.82, 2.24) is 14.7 Å². The van der Waals surface area contributed by atoms with Gasteiger partial charge in [0.2, 0.25) is 11.0 Å². The van der Waals surface area contributed by atoms with Gasteiger partial charge in [-0.05, 0) is 56.4 Å². The van der Waals surface area contributed by atoms with E-state index in [2.05, 4.69) is 47.5 Å². The number of hydrogen-bond donors (Lipinski definition) is 1. The molecule has 1 aromatic heterocycles. The van der Waals surface area contributed by atoms with E-state index in [4.69, 9.17) is 4.98 Å². The monoisotopic (exact) mass is 468 g/mol. The molecule has 5 nitrogen and oxygen atoms in total. The number of aryl methyl sites for hydroxylation is 1. The molecule has 1 heterocycles. The molecule has 0 saturated heterocycles. The van der Waals surface area contributed by atoms with Crippen LogP contribution in [0.5, 0.6) is 0 Å². The summed E-state index contributed by atoms with van der Waals surface area (Å²) in [5.74, 6) is 0.523. The molecule has 1 amide bonds. The normalized spacial score (nSPS) is 12.8. The van der Waals surface area contributed by atoms with Crippen LogP contribution in [0.15, 0.2) is 54.6 Å². The van der Waals surface area contributed by atoms with Crippen LogP contribution in [0.25, 0.3) is 0 Å². The van der Waals surface area contributed by atoms with E-state index in [9.17, 15) is 9.18 Å². The Kier molecular flexibility index (Phi) is 9.36. The Labute approximate surface area is 200 Å². The maximum Gasteiger partial charge on any atom is 0.221 e. The zero-order chi connectivity index (χ0) is 23.6. The largest absolute Gasteiger partial charge is 0.354 e. The minimum atomic E-state index is -0.249. The number of nitrogens with zero attached hydrogens (tertiary/aromatic N) is 3. The zero-order valence-electron chi connectivity index (χ0n) is 19.6. The summed E-state index contributed by atoms with van der Waals surface area (Å²) in [6, 6.07) is 17.1. The number of benzene rings is 2. The Morgan fingerprint density at radius 3 is 2.52 bits per heavy atom. The average molecular weight is 469 g/mol. The molecule has 0 radical (unpaired) electrons. The van der Waals surface area contributed by atoms with E-state index in [0.717, 1.165) is 30.0 Å². The number of aromatic nitrogens is 2. The van der Waals surface area contributed by atoms with Gasteiger partial charge >= 0.3 is 0 Å². The Bertz CT molecular complexity index is 993. The van der Waals surface area contributed by atoms with E-state index in [1.165, 1.54) is 29.2 Å². The molecule has 0 aliphatic heterocycles. The van der Waals surface area contributed by atoms with Crippen LogP contribution in [0, 0.1) is 5.82 Å². The van der Waals surface area contributed by atoms with Gasteiger partial charge in [-0.1, -0.05) is 49.4 Å². The molecule has 2 atom stereocenters. The lowest BCUT2D eigenvalue weighted by Crippen LogP contribution is -2.38. The first kappa shape index (κ1) is 24.8. The van der Waals surface area contributed by atoms with E-state index in [1.807, 2.05) is 18.2 Å². The zero-order valence-corrected chi connectivity index (χ0v) is 20.4. The molecule has 0 aliphatic rings. The molecule has 1 N–H and O–H groups in total. The van der Waals surface area contributed by atoms with Crippen molar-refractivity contribution in [1.29, 1.82) is 0 Å². The second kappa shape index (κ2) is 12.4. The van der Waals surface area contributed by atoms with Crippen molar-refractivity contribution < 1.29 is 9.18 Å². The van der Waals surface area contributed by atoms with Crippen LogP contribution in [0.2, 0.25) is 0 Å². The summed E-state index contributed by atoms with van der Waals surface area (Å²) in [7, 11) is 0. The standard InChI is InChI=1S/C26H33FN4OS/c1-4-20(3)31(26-29-24(30-33-26)18-22-12-14-23(27)15-13-22)17-16-25(32)28-19(2)10-11-21-8-6-5-7-9-21/h5-9,12-15,19-20H,4,10-11,16-18H2,1-3H3,(H,28,32). The Morgan fingerprint density at radius 1 is 1.09 bits per heavy atom. The van der Waals surface area contributed by atoms with Gasteiger partial charge in [-0.2, -0.15) is 4.37 Å². The van der Waals surface area contributed by atoms with Crippen LogP contribution in [-0.4, -0.2) is 33.9 Å². The van der Waals surface area contributed by atoms with Gasteiger partial charge < -0.3 is 10.2 Å². The van der Waals surface area contributed by atoms with Gasteiger partial charge in [-0.3, -0.25) is 4.79 Å². The smallest absolute Gasteiger partial charge is 0.221 e. The highest BCUT2D eigenvalue weighted by atomic mass is 32.1. The second-order valence-corrected chi connectivity index (χ2v) is 9.22. The van der Waals surface area contributed by atoms with Crippen LogP contribution < -0.4 is 10.2 Å². The number of rotatable bonds is 12. The summed E-state index contributed by atoms with van der Waals surface area (Å²) in [5, 5.41) is 3.95. The molecule has 0 aliphatic carbocycles. The Balaban J connectivity index is 1.52. The summed E-state index contributed by atoms with van der Waals surface area (Å²) >= 11 is 1.35. The van der Waals surface area contributed by atoms with Crippen molar-refractivity contribution in [2.75, 3.05) is 11.4 Å². The van der Waals surface area contributed by atoms with E-state index in [0.29, 0.717) is 25.2 Å². The van der Waals surface area contributed by atoms with Crippen LogP contribution in [0.3, 0.4) is 0 Å². The summed E-state index contributed by atoms with van der Waals surface area (Å²) in [6.45, 7) is 6.92. The van der Waals surface area contributed by atoms with Crippen molar-refractivity contribution in [3.63, 3.8) is 0 Å². The van der Waals surface area contributed by atoms with Gasteiger partial charge in [0.25, 0.3) is 0 Å². The number of carbonyl (C=O) groups is 1. The van der Waals surface area contributed by atoms with Gasteiger partial charge in [0.15, 0.2) is 0 Å². The first-order chi connectivity index (χ1) is 15.9. The highest BCUT2D eigenvalue weighted by Crippen LogP contribution is 2.23. The second-order valence-electron chi connectivity index (χ2n) is 8.49. The Morgan fingerprint density at radius 2 is 1.82 bits per heavy atom. The van der Waals surface area contributed by atoms with Gasteiger partial charge in [-0.25, -0.2) is 9.37 Å². The van der Waals surface area contributed by atoms with Crippen LogP contribution >= 0.6 is 11.5 Å². The van der Waals surface area contributed by atoms with E-state index < -0.39 is 0 Å². The predicted octanol–water partition coefficient (Wildman–Crippen LogP) is 5.40. The topological polar surface area (TPSA) is 58.1 Å². The lowest BCUT2D eigenvalue weighted by Gasteiger charge is -2.27. The molecule has 0 bridgehead atoms. The van der Waals surface area contributed by atoms with Crippen molar-refractivity contribution in [2.24, 2.45) is 0 Å². The van der Waals surface area contributed by atoms with E-state index >= 15 is 0 Å². The van der Waals surface area contributed by atoms with Gasteiger partial charge in [0.1, 0.15) is 11.6 Å². The molecule has 0 fully saturated rings. The van der Waals surface area contributed by atoms with E-state index in [-0.39, 0.29) is 23.8 Å². The number of carbonyl (C=O) groups excluding carboxylic acids is 1. The van der Waals surface area contributed by atoms with Gasteiger partial charge in [-0.15, -0.1) is 0 Å². The number of hydrogen-bond acceptors (Lipinski definition) is 5. The summed E-state index contributed by atoms with van der Waals surface area (Å²) in [4.78, 5) is 19.5. The molecule has 176 valence electrons. The summed E-state index contributed by atoms with van der Waals surface area (Å²) in [6.07, 6.45) is 3.77. The quantitative estimate of drug-likeness (QED) is 0.387. The molecular formula is C26H33FN4OS. The molecule has 3 rings (SSSR count). The van der Waals surface area contributed by atoms with Crippen molar-refractivity contribution in [3.05, 3.63) is 77.4 Å². The molecule has 2 aromatic carbocycles. The average Bonchev–Trinajstić information content (AvgIpc) is 3.28. The summed E-state index contributed by atoms with van der Waals surface area (Å²) in [5.41, 5.74) is 2.26. The maximum absolute atomic E-state index is 13.1. The first-order valence-electron chi connectivity index (χ1n) is 11.6. The van der Waals surface area contributed by atoms with Gasteiger partial charge in [0, 0.05) is 43.0 Å². The maximum atomic E-state index is 13.1. The predicted molar refractivity (Wildman–Crippen MR) is 133 cm³/mol. The van der Waals surface area contributed by atoms with Crippen LogP contribution in [0.4, 0.5) is 9.52 Å². The van der Waals surface area contributed by atoms with Crippen molar-refractivity contribution in [3.8, 4) is 0 Å². The summed E-state index contributed by atoms with van der Waals surface area (Å²) < 4.78 is 17.6. The highest BCUT2D eigenvalue weighted by molar-refractivity contribution is 7.09. The minimum absolute atomic E-state index is 0.0555. The molecule has 33 heavy (non-hydrogen) atoms. The Hall–Kier alpha value is -2.80. The third-order valence-corrected chi connectivity index (χ3v) is 6.59.